The summed E-state index contributed by atoms with van der Waals surface area (Å²) in [6, 6.07) is 14.3. The standard InChI is InChI=1S/C25H28N4O3/c26-12-20(29-24(30)25(27)5-7-31-8-6-25)9-16-1-4-21-22-11-17(19-13-28-14-19)2-3-18(22)15-32-23(21)10-16/h1-4,10-11,19-20,28H,5-9,13-15,27H2,(H,29,30)/t20-/m1/s1. The van der Waals surface area contributed by atoms with Crippen molar-refractivity contribution in [2.45, 2.75) is 43.4 Å². The second-order valence-electron chi connectivity index (χ2n) is 9.02. The summed E-state index contributed by atoms with van der Waals surface area (Å²) in [5.74, 6) is 1.11. The molecule has 5 rings (SSSR count). The molecule has 7 nitrogen and oxygen atoms in total. The van der Waals surface area contributed by atoms with Gasteiger partial charge in [0.25, 0.3) is 0 Å². The third kappa shape index (κ3) is 3.97. The second kappa shape index (κ2) is 8.55. The van der Waals surface area contributed by atoms with Crippen LogP contribution in [0.5, 0.6) is 5.75 Å². The monoisotopic (exact) mass is 432 g/mol. The first-order valence-electron chi connectivity index (χ1n) is 11.2. The van der Waals surface area contributed by atoms with Crippen molar-refractivity contribution in [1.29, 1.82) is 5.26 Å². The number of rotatable bonds is 5. The molecular weight excluding hydrogens is 404 g/mol. The van der Waals surface area contributed by atoms with Gasteiger partial charge in [-0.1, -0.05) is 30.3 Å². The quantitative estimate of drug-likeness (QED) is 0.667. The van der Waals surface area contributed by atoms with Gasteiger partial charge < -0.3 is 25.8 Å². The van der Waals surface area contributed by atoms with Crippen LogP contribution in [0, 0.1) is 11.3 Å². The van der Waals surface area contributed by atoms with Gasteiger partial charge in [-0.3, -0.25) is 4.79 Å². The number of benzene rings is 2. The summed E-state index contributed by atoms with van der Waals surface area (Å²) < 4.78 is 11.3. The van der Waals surface area contributed by atoms with E-state index >= 15 is 0 Å². The molecule has 1 atom stereocenters. The molecule has 7 heteroatoms. The fourth-order valence-electron chi connectivity index (χ4n) is 4.57. The van der Waals surface area contributed by atoms with E-state index in [-0.39, 0.29) is 5.91 Å². The number of carbonyl (C=O) groups is 1. The number of nitrogens with zero attached hydrogens (tertiary/aromatic N) is 1. The van der Waals surface area contributed by atoms with Gasteiger partial charge in [-0.25, -0.2) is 0 Å². The van der Waals surface area contributed by atoms with Crippen molar-refractivity contribution >= 4 is 5.91 Å². The van der Waals surface area contributed by atoms with Gasteiger partial charge in [-0.2, -0.15) is 5.26 Å². The van der Waals surface area contributed by atoms with Gasteiger partial charge in [0.2, 0.25) is 5.91 Å². The van der Waals surface area contributed by atoms with Crippen molar-refractivity contribution in [2.75, 3.05) is 26.3 Å². The summed E-state index contributed by atoms with van der Waals surface area (Å²) in [5.41, 5.74) is 11.1. The van der Waals surface area contributed by atoms with E-state index in [1.54, 1.807) is 0 Å². The number of hydrogen-bond donors (Lipinski definition) is 3. The van der Waals surface area contributed by atoms with E-state index in [1.165, 1.54) is 16.7 Å². The maximum Gasteiger partial charge on any atom is 0.241 e. The zero-order chi connectivity index (χ0) is 22.1. The van der Waals surface area contributed by atoms with Crippen LogP contribution in [0.25, 0.3) is 11.1 Å². The summed E-state index contributed by atoms with van der Waals surface area (Å²) >= 11 is 0. The van der Waals surface area contributed by atoms with Gasteiger partial charge in [0.1, 0.15) is 18.4 Å². The van der Waals surface area contributed by atoms with Crippen molar-refractivity contribution < 1.29 is 14.3 Å². The predicted octanol–water partition coefficient (Wildman–Crippen LogP) is 1.99. The average molecular weight is 433 g/mol. The van der Waals surface area contributed by atoms with Gasteiger partial charge in [-0.15, -0.1) is 0 Å². The lowest BCUT2D eigenvalue weighted by Crippen LogP contribution is -2.58. The van der Waals surface area contributed by atoms with Gasteiger partial charge in [0.05, 0.1) is 11.6 Å². The smallest absolute Gasteiger partial charge is 0.241 e. The Kier molecular flexibility index (Phi) is 5.60. The maximum absolute atomic E-state index is 12.7. The van der Waals surface area contributed by atoms with E-state index in [9.17, 15) is 10.1 Å². The van der Waals surface area contributed by atoms with E-state index in [2.05, 4.69) is 41.0 Å². The molecule has 3 heterocycles. The zero-order valence-corrected chi connectivity index (χ0v) is 18.0. The SMILES string of the molecule is N#C[C@@H](Cc1ccc2c(c1)OCc1ccc(C3CNC3)cc1-2)NC(=O)C1(N)CCOCC1. The summed E-state index contributed by atoms with van der Waals surface area (Å²) in [6.07, 6.45) is 1.32. The van der Waals surface area contributed by atoms with Crippen molar-refractivity contribution in [3.8, 4) is 22.9 Å². The van der Waals surface area contributed by atoms with Crippen LogP contribution in [0.1, 0.15) is 35.4 Å². The highest BCUT2D eigenvalue weighted by Gasteiger charge is 2.37. The first-order valence-corrected chi connectivity index (χ1v) is 11.2. The predicted molar refractivity (Wildman–Crippen MR) is 120 cm³/mol. The Bertz CT molecular complexity index is 1070. The van der Waals surface area contributed by atoms with Crippen LogP contribution in [-0.2, 0) is 22.6 Å². The van der Waals surface area contributed by atoms with Crippen LogP contribution in [-0.4, -0.2) is 43.8 Å². The van der Waals surface area contributed by atoms with Crippen LogP contribution >= 0.6 is 0 Å². The Hall–Kier alpha value is -2.92. The third-order valence-electron chi connectivity index (χ3n) is 6.84. The lowest BCUT2D eigenvalue weighted by Gasteiger charge is -2.32. The van der Waals surface area contributed by atoms with Gasteiger partial charge in [0, 0.05) is 44.2 Å². The van der Waals surface area contributed by atoms with E-state index in [1.807, 2.05) is 12.1 Å². The fourth-order valence-corrected chi connectivity index (χ4v) is 4.57. The van der Waals surface area contributed by atoms with Gasteiger partial charge >= 0.3 is 0 Å². The molecule has 0 saturated carbocycles. The number of carbonyl (C=O) groups excluding carboxylic acids is 1. The minimum absolute atomic E-state index is 0.284. The molecule has 0 radical (unpaired) electrons. The number of ether oxygens (including phenoxy) is 2. The Morgan fingerprint density at radius 1 is 1.22 bits per heavy atom. The fraction of sp³-hybridized carbons (Fsp3) is 0.440. The molecule has 0 aromatic heterocycles. The van der Waals surface area contributed by atoms with Gasteiger partial charge in [-0.05, 0) is 41.2 Å². The number of amides is 1. The molecule has 0 spiro atoms. The molecule has 2 fully saturated rings. The Balaban J connectivity index is 1.32. The van der Waals surface area contributed by atoms with Crippen LogP contribution in [0.2, 0.25) is 0 Å². The molecule has 166 valence electrons. The van der Waals surface area contributed by atoms with E-state index in [4.69, 9.17) is 15.2 Å². The molecule has 2 aromatic carbocycles. The number of nitrogens with two attached hydrogens (primary N) is 1. The highest BCUT2D eigenvalue weighted by Crippen LogP contribution is 2.40. The van der Waals surface area contributed by atoms with Crippen molar-refractivity contribution in [3.05, 3.63) is 53.1 Å². The molecule has 4 N–H and O–H groups in total. The Morgan fingerprint density at radius 2 is 2.03 bits per heavy atom. The minimum atomic E-state index is -0.969. The first kappa shape index (κ1) is 21.0. The molecule has 2 aromatic rings. The number of hydrogen-bond acceptors (Lipinski definition) is 6. The number of fused-ring (bicyclic) bond motifs is 3. The maximum atomic E-state index is 12.7. The highest BCUT2D eigenvalue weighted by atomic mass is 16.5. The van der Waals surface area contributed by atoms with E-state index in [0.717, 1.165) is 30.0 Å². The lowest BCUT2D eigenvalue weighted by atomic mass is 9.87. The molecular formula is C25H28N4O3. The first-order chi connectivity index (χ1) is 15.6. The molecule has 3 aliphatic rings. The van der Waals surface area contributed by atoms with Crippen molar-refractivity contribution in [2.24, 2.45) is 5.73 Å². The average Bonchev–Trinajstić information content (AvgIpc) is 2.77. The summed E-state index contributed by atoms with van der Waals surface area (Å²) in [5, 5.41) is 15.8. The normalized spacial score (nSPS) is 20.0. The highest BCUT2D eigenvalue weighted by molar-refractivity contribution is 5.86. The molecule has 3 aliphatic heterocycles. The van der Waals surface area contributed by atoms with E-state index in [0.29, 0.717) is 45.0 Å². The molecule has 0 bridgehead atoms. The van der Waals surface area contributed by atoms with Crippen molar-refractivity contribution in [1.82, 2.24) is 10.6 Å². The molecule has 32 heavy (non-hydrogen) atoms. The Morgan fingerprint density at radius 3 is 2.75 bits per heavy atom. The molecule has 0 unspecified atom stereocenters. The minimum Gasteiger partial charge on any atom is -0.488 e. The third-order valence-corrected chi connectivity index (χ3v) is 6.84. The molecule has 2 saturated heterocycles. The van der Waals surface area contributed by atoms with Crippen LogP contribution in [0.15, 0.2) is 36.4 Å². The summed E-state index contributed by atoms with van der Waals surface area (Å²) in [6.45, 7) is 3.51. The second-order valence-corrected chi connectivity index (χ2v) is 9.02. The van der Waals surface area contributed by atoms with Crippen LogP contribution in [0.4, 0.5) is 0 Å². The number of nitrogens with one attached hydrogen (secondary N) is 2. The summed E-state index contributed by atoms with van der Waals surface area (Å²) in [4.78, 5) is 12.7. The van der Waals surface area contributed by atoms with Gasteiger partial charge in [0.15, 0.2) is 0 Å². The molecule has 0 aliphatic carbocycles. The Labute approximate surface area is 187 Å². The largest absolute Gasteiger partial charge is 0.488 e. The zero-order valence-electron chi connectivity index (χ0n) is 18.0. The molecule has 1 amide bonds. The summed E-state index contributed by atoms with van der Waals surface area (Å²) in [7, 11) is 0. The topological polar surface area (TPSA) is 109 Å². The van der Waals surface area contributed by atoms with Crippen LogP contribution < -0.4 is 21.1 Å². The van der Waals surface area contributed by atoms with E-state index < -0.39 is 11.6 Å². The lowest BCUT2D eigenvalue weighted by molar-refractivity contribution is -0.130. The van der Waals surface area contributed by atoms with Crippen molar-refractivity contribution in [3.63, 3.8) is 0 Å². The van der Waals surface area contributed by atoms with Crippen LogP contribution in [0.3, 0.4) is 0 Å². The number of nitriles is 1.